The number of carbonyl (C=O) groups is 4. The molecular formula is C35H31F3N4O11S. The molecule has 0 aliphatic carbocycles. The number of thioether (sulfide) groups is 1. The van der Waals surface area contributed by atoms with Gasteiger partial charge in [-0.05, 0) is 37.3 Å². The van der Waals surface area contributed by atoms with Crippen LogP contribution in [0, 0.1) is 28.8 Å². The van der Waals surface area contributed by atoms with Crippen LogP contribution in [0.5, 0.6) is 0 Å². The van der Waals surface area contributed by atoms with Crippen molar-refractivity contribution in [3.8, 4) is 6.07 Å². The van der Waals surface area contributed by atoms with Crippen molar-refractivity contribution in [1.82, 2.24) is 14.8 Å². The fourth-order valence-corrected chi connectivity index (χ4v) is 6.17. The van der Waals surface area contributed by atoms with Crippen molar-refractivity contribution < 1.29 is 65.9 Å². The van der Waals surface area contributed by atoms with Crippen LogP contribution < -0.4 is 0 Å². The highest BCUT2D eigenvalue weighted by atomic mass is 32.2. The molecule has 0 amide bonds. The Morgan fingerprint density at radius 1 is 1.06 bits per heavy atom. The standard InChI is InChI=1S/C35H31F3N4O11S/c1-22(54-26-15-49-33(50-16-26)5-3-2-4-24-7-6-23(14-39)12-28(24)37)35(18-42-20-40-19-41-42,27-9-8-25(36)13-29(27)38)53-34(47)52-21-51-32(46)11-10-31(45)48-17-30(43)44/h2-13,19-20,22,26,33H,15-18,21H2,1H3,(H,43,44). The summed E-state index contributed by atoms with van der Waals surface area (Å²) in [5.41, 5.74) is -1.74. The van der Waals surface area contributed by atoms with Gasteiger partial charge in [0.25, 0.3) is 0 Å². The van der Waals surface area contributed by atoms with Crippen molar-refractivity contribution >= 4 is 41.9 Å². The molecule has 0 radical (unpaired) electrons. The minimum Gasteiger partial charge on any atom is -0.479 e. The van der Waals surface area contributed by atoms with Crippen LogP contribution in [0.1, 0.15) is 23.6 Å². The van der Waals surface area contributed by atoms with Gasteiger partial charge in [0.1, 0.15) is 30.1 Å². The molecule has 1 N–H and O–H groups in total. The molecule has 1 aromatic heterocycles. The van der Waals surface area contributed by atoms with E-state index in [1.54, 1.807) is 25.2 Å². The number of hydrogen-bond donors (Lipinski definition) is 1. The fourth-order valence-electron chi connectivity index (χ4n) is 4.80. The largest absolute Gasteiger partial charge is 0.512 e. The molecular weight excluding hydrogens is 741 g/mol. The third-order valence-corrected chi connectivity index (χ3v) is 8.76. The van der Waals surface area contributed by atoms with E-state index in [1.165, 1.54) is 47.3 Å². The molecule has 1 fully saturated rings. The van der Waals surface area contributed by atoms with E-state index in [4.69, 9.17) is 34.1 Å². The Morgan fingerprint density at radius 2 is 1.80 bits per heavy atom. The number of hydrogen-bond acceptors (Lipinski definition) is 14. The van der Waals surface area contributed by atoms with Gasteiger partial charge in [-0.2, -0.15) is 10.4 Å². The zero-order valence-corrected chi connectivity index (χ0v) is 29.0. The van der Waals surface area contributed by atoms with Gasteiger partial charge in [-0.15, -0.1) is 11.8 Å². The number of carbonyl (C=O) groups excluding carboxylic acids is 3. The summed E-state index contributed by atoms with van der Waals surface area (Å²) >= 11 is 1.19. The maximum Gasteiger partial charge on any atom is 0.512 e. The number of carboxylic acid groups (broad SMARTS) is 1. The molecule has 2 atom stereocenters. The van der Waals surface area contributed by atoms with Gasteiger partial charge in [-0.1, -0.05) is 24.3 Å². The second-order valence-electron chi connectivity index (χ2n) is 11.0. The van der Waals surface area contributed by atoms with Gasteiger partial charge < -0.3 is 33.5 Å². The summed E-state index contributed by atoms with van der Waals surface area (Å²) in [6.07, 6.45) is 7.76. The minimum absolute atomic E-state index is 0.126. The number of halogens is 3. The van der Waals surface area contributed by atoms with Crippen LogP contribution in [0.15, 0.2) is 79.4 Å². The Hall–Kier alpha value is -5.97. The first kappa shape index (κ1) is 40.8. The smallest absolute Gasteiger partial charge is 0.479 e. The summed E-state index contributed by atoms with van der Waals surface area (Å²) in [6, 6.07) is 8.65. The first-order valence-corrected chi connectivity index (χ1v) is 16.6. The third kappa shape index (κ3) is 12.0. The lowest BCUT2D eigenvalue weighted by atomic mass is 9.89. The lowest BCUT2D eigenvalue weighted by Gasteiger charge is -2.40. The minimum atomic E-state index is -1.96. The van der Waals surface area contributed by atoms with Gasteiger partial charge in [-0.3, -0.25) is 0 Å². The summed E-state index contributed by atoms with van der Waals surface area (Å²) in [7, 11) is 0. The maximum atomic E-state index is 15.6. The van der Waals surface area contributed by atoms with Gasteiger partial charge in [0, 0.05) is 34.6 Å². The second kappa shape index (κ2) is 19.8. The van der Waals surface area contributed by atoms with Crippen LogP contribution in [0.2, 0.25) is 0 Å². The number of ether oxygens (including phenoxy) is 6. The highest BCUT2D eigenvalue weighted by molar-refractivity contribution is 8.00. The summed E-state index contributed by atoms with van der Waals surface area (Å²) in [5, 5.41) is 20.2. The highest BCUT2D eigenvalue weighted by Crippen LogP contribution is 2.42. The molecule has 2 heterocycles. The average molecular weight is 773 g/mol. The van der Waals surface area contributed by atoms with Crippen LogP contribution in [0.4, 0.5) is 18.0 Å². The van der Waals surface area contributed by atoms with Crippen molar-refractivity contribution in [2.75, 3.05) is 26.6 Å². The molecule has 54 heavy (non-hydrogen) atoms. The van der Waals surface area contributed by atoms with Crippen molar-refractivity contribution in [3.05, 3.63) is 114 Å². The summed E-state index contributed by atoms with van der Waals surface area (Å²) in [6.45, 7) is -0.424. The monoisotopic (exact) mass is 772 g/mol. The molecule has 0 saturated carbocycles. The first-order valence-electron chi connectivity index (χ1n) is 15.7. The topological polar surface area (TPSA) is 198 Å². The molecule has 3 aromatic rings. The van der Waals surface area contributed by atoms with Gasteiger partial charge in [0.2, 0.25) is 6.79 Å². The molecule has 15 nitrogen and oxygen atoms in total. The van der Waals surface area contributed by atoms with E-state index in [-0.39, 0.29) is 36.4 Å². The zero-order chi connectivity index (χ0) is 39.1. The molecule has 19 heteroatoms. The van der Waals surface area contributed by atoms with E-state index < -0.39 is 77.3 Å². The Bertz CT molecular complexity index is 1930. The van der Waals surface area contributed by atoms with Crippen molar-refractivity contribution in [1.29, 1.82) is 5.26 Å². The van der Waals surface area contributed by atoms with Crippen LogP contribution in [0.25, 0.3) is 6.08 Å². The van der Waals surface area contributed by atoms with E-state index in [9.17, 15) is 28.0 Å². The molecule has 284 valence electrons. The van der Waals surface area contributed by atoms with E-state index in [0.29, 0.717) is 18.2 Å². The van der Waals surface area contributed by atoms with Crippen LogP contribution >= 0.6 is 11.8 Å². The molecule has 1 aliphatic rings. The number of nitriles is 1. The average Bonchev–Trinajstić information content (AvgIpc) is 3.65. The van der Waals surface area contributed by atoms with E-state index in [0.717, 1.165) is 18.2 Å². The van der Waals surface area contributed by atoms with Crippen LogP contribution in [0.3, 0.4) is 0 Å². The molecule has 2 unspecified atom stereocenters. The number of benzene rings is 2. The second-order valence-corrected chi connectivity index (χ2v) is 12.7. The number of nitrogens with zero attached hydrogens (tertiary/aromatic N) is 4. The number of aliphatic carboxylic acids is 1. The molecule has 1 saturated heterocycles. The van der Waals surface area contributed by atoms with Crippen LogP contribution in [-0.4, -0.2) is 87.3 Å². The van der Waals surface area contributed by atoms with E-state index >= 15 is 4.39 Å². The zero-order valence-electron chi connectivity index (χ0n) is 28.2. The van der Waals surface area contributed by atoms with Crippen molar-refractivity contribution in [2.24, 2.45) is 0 Å². The Labute approximate surface area is 309 Å². The quantitative estimate of drug-likeness (QED) is 0.0705. The lowest BCUT2D eigenvalue weighted by Crippen LogP contribution is -2.47. The SMILES string of the molecule is CC(SC1COC(C=CC=Cc2ccc(C#N)cc2F)OC1)C(Cn1cncn1)(OC(=O)OCOC(=O)C=CC(=O)OCC(=O)O)c1ccc(F)cc1F. The first-order chi connectivity index (χ1) is 25.9. The summed E-state index contributed by atoms with van der Waals surface area (Å²) in [4.78, 5) is 50.9. The van der Waals surface area contributed by atoms with Crippen molar-refractivity contribution in [3.63, 3.8) is 0 Å². The summed E-state index contributed by atoms with van der Waals surface area (Å²) < 4.78 is 76.4. The Kier molecular flexibility index (Phi) is 14.9. The molecule has 2 aromatic carbocycles. The number of carboxylic acids is 1. The Balaban J connectivity index is 1.44. The number of esters is 2. The van der Waals surface area contributed by atoms with Gasteiger partial charge >= 0.3 is 24.1 Å². The fraction of sp³-hybridized carbons (Fsp3) is 0.286. The van der Waals surface area contributed by atoms with E-state index in [2.05, 4.69) is 14.8 Å². The van der Waals surface area contributed by atoms with Gasteiger partial charge in [0.05, 0.1) is 36.6 Å². The highest BCUT2D eigenvalue weighted by Gasteiger charge is 2.47. The third-order valence-electron chi connectivity index (χ3n) is 7.32. The van der Waals surface area contributed by atoms with Crippen molar-refractivity contribution in [2.45, 2.75) is 35.9 Å². The maximum absolute atomic E-state index is 15.6. The van der Waals surface area contributed by atoms with Gasteiger partial charge in [-0.25, -0.2) is 42.0 Å². The predicted molar refractivity (Wildman–Crippen MR) is 180 cm³/mol. The lowest BCUT2D eigenvalue weighted by molar-refractivity contribution is -0.152. The number of rotatable bonds is 16. The van der Waals surface area contributed by atoms with Crippen LogP contribution in [-0.2, 0) is 55.0 Å². The number of aromatic nitrogens is 3. The molecule has 0 spiro atoms. The summed E-state index contributed by atoms with van der Waals surface area (Å²) in [5.74, 6) is -6.23. The Morgan fingerprint density at radius 3 is 2.44 bits per heavy atom. The molecule has 1 aliphatic heterocycles. The van der Waals surface area contributed by atoms with Gasteiger partial charge in [0.15, 0.2) is 18.5 Å². The molecule has 4 rings (SSSR count). The van der Waals surface area contributed by atoms with E-state index in [1.807, 2.05) is 6.07 Å². The predicted octanol–water partition coefficient (Wildman–Crippen LogP) is 4.43. The normalized spacial score (nSPS) is 17.5. The molecule has 0 bridgehead atoms. The number of allylic oxidation sites excluding steroid dienone is 2.